The Morgan fingerprint density at radius 3 is 2.61 bits per heavy atom. The summed E-state index contributed by atoms with van der Waals surface area (Å²) in [5.41, 5.74) is 1.31. The van der Waals surface area contributed by atoms with Crippen LogP contribution in [0.2, 0.25) is 5.02 Å². The Hall–Kier alpha value is -3.00. The summed E-state index contributed by atoms with van der Waals surface area (Å²) in [6, 6.07) is 13.8. The van der Waals surface area contributed by atoms with Gasteiger partial charge in [-0.15, -0.1) is 10.2 Å². The van der Waals surface area contributed by atoms with Gasteiger partial charge in [0.25, 0.3) is 0 Å². The van der Waals surface area contributed by atoms with Gasteiger partial charge in [-0.05, 0) is 29.5 Å². The third-order valence-corrected chi connectivity index (χ3v) is 4.87. The van der Waals surface area contributed by atoms with E-state index in [-0.39, 0.29) is 18.3 Å². The highest BCUT2D eigenvalue weighted by Gasteiger charge is 2.23. The molecule has 1 aliphatic heterocycles. The number of piperazine rings is 1. The van der Waals surface area contributed by atoms with Gasteiger partial charge in [0, 0.05) is 36.8 Å². The molecule has 4 rings (SSSR count). The predicted molar refractivity (Wildman–Crippen MR) is 103 cm³/mol. The van der Waals surface area contributed by atoms with Crippen molar-refractivity contribution in [2.24, 2.45) is 0 Å². The minimum atomic E-state index is -0.248. The Bertz CT molecular complexity index is 986. The van der Waals surface area contributed by atoms with E-state index in [4.69, 9.17) is 11.6 Å². The van der Waals surface area contributed by atoms with Gasteiger partial charge in [-0.1, -0.05) is 35.9 Å². The minimum absolute atomic E-state index is 0.00721. The SMILES string of the molecule is O=C(Cn1nnc(-c2cccc(Cl)c2)n1)N1CCN(c2ccccc2F)CC1. The Morgan fingerprint density at radius 2 is 1.86 bits per heavy atom. The Morgan fingerprint density at radius 1 is 1.07 bits per heavy atom. The van der Waals surface area contributed by atoms with Gasteiger partial charge in [0.15, 0.2) is 0 Å². The van der Waals surface area contributed by atoms with Crippen LogP contribution in [0.1, 0.15) is 0 Å². The number of carbonyl (C=O) groups is 1. The Balaban J connectivity index is 1.36. The van der Waals surface area contributed by atoms with Crippen LogP contribution in [0.4, 0.5) is 10.1 Å². The first-order valence-electron chi connectivity index (χ1n) is 8.91. The molecule has 3 aromatic rings. The Kier molecular flexibility index (Phi) is 5.21. The molecule has 9 heteroatoms. The molecule has 0 saturated carbocycles. The number of tetrazole rings is 1. The van der Waals surface area contributed by atoms with Crippen LogP contribution in [-0.2, 0) is 11.3 Å². The van der Waals surface area contributed by atoms with Gasteiger partial charge in [-0.3, -0.25) is 4.79 Å². The number of carbonyl (C=O) groups excluding carboxylic acids is 1. The standard InChI is InChI=1S/C19H18ClFN6O/c20-15-5-3-4-14(12-15)19-22-24-27(23-19)13-18(28)26-10-8-25(9-11-26)17-7-2-1-6-16(17)21/h1-7,12H,8-11,13H2. The average Bonchev–Trinajstić information content (AvgIpc) is 3.17. The van der Waals surface area contributed by atoms with E-state index in [0.717, 1.165) is 5.56 Å². The van der Waals surface area contributed by atoms with Crippen LogP contribution in [0.15, 0.2) is 48.5 Å². The molecular weight excluding hydrogens is 383 g/mol. The highest BCUT2D eigenvalue weighted by molar-refractivity contribution is 6.30. The summed E-state index contributed by atoms with van der Waals surface area (Å²) in [6.07, 6.45) is 0. The van der Waals surface area contributed by atoms with Crippen molar-refractivity contribution in [2.75, 3.05) is 31.1 Å². The summed E-state index contributed by atoms with van der Waals surface area (Å²) in [5, 5.41) is 12.8. The monoisotopic (exact) mass is 400 g/mol. The molecule has 1 amide bonds. The van der Waals surface area contributed by atoms with Crippen LogP contribution in [0.3, 0.4) is 0 Å². The quantitative estimate of drug-likeness (QED) is 0.673. The van der Waals surface area contributed by atoms with Crippen LogP contribution in [-0.4, -0.2) is 57.2 Å². The first-order valence-corrected chi connectivity index (χ1v) is 9.29. The number of rotatable bonds is 4. The second-order valence-electron chi connectivity index (χ2n) is 6.47. The van der Waals surface area contributed by atoms with Crippen molar-refractivity contribution in [3.8, 4) is 11.4 Å². The van der Waals surface area contributed by atoms with E-state index in [1.165, 1.54) is 10.9 Å². The summed E-state index contributed by atoms with van der Waals surface area (Å²) < 4.78 is 13.9. The van der Waals surface area contributed by atoms with Gasteiger partial charge in [0.2, 0.25) is 11.7 Å². The molecule has 0 N–H and O–H groups in total. The zero-order chi connectivity index (χ0) is 19.5. The van der Waals surface area contributed by atoms with Crippen LogP contribution in [0, 0.1) is 5.82 Å². The number of amides is 1. The molecule has 0 aliphatic carbocycles. The molecule has 1 aliphatic rings. The summed E-state index contributed by atoms with van der Waals surface area (Å²) >= 11 is 5.98. The summed E-state index contributed by atoms with van der Waals surface area (Å²) in [6.45, 7) is 2.19. The third-order valence-electron chi connectivity index (χ3n) is 4.64. The lowest BCUT2D eigenvalue weighted by Gasteiger charge is -2.36. The first-order chi connectivity index (χ1) is 13.6. The number of hydrogen-bond acceptors (Lipinski definition) is 5. The summed E-state index contributed by atoms with van der Waals surface area (Å²) in [5.74, 6) is 0.0746. The van der Waals surface area contributed by atoms with Crippen LogP contribution < -0.4 is 4.90 Å². The molecule has 0 unspecified atom stereocenters. The second-order valence-corrected chi connectivity index (χ2v) is 6.91. The molecule has 7 nitrogen and oxygen atoms in total. The normalized spacial score (nSPS) is 14.4. The first kappa shape index (κ1) is 18.4. The van der Waals surface area contributed by atoms with Gasteiger partial charge >= 0.3 is 0 Å². The maximum atomic E-state index is 13.9. The molecule has 144 valence electrons. The van der Waals surface area contributed by atoms with E-state index in [2.05, 4.69) is 15.4 Å². The van der Waals surface area contributed by atoms with Crippen molar-refractivity contribution in [2.45, 2.75) is 6.54 Å². The predicted octanol–water partition coefficient (Wildman–Crippen LogP) is 2.48. The van der Waals surface area contributed by atoms with Crippen LogP contribution >= 0.6 is 11.6 Å². The number of nitrogens with zero attached hydrogens (tertiary/aromatic N) is 6. The third kappa shape index (κ3) is 3.96. The largest absolute Gasteiger partial charge is 0.366 e. The maximum absolute atomic E-state index is 13.9. The molecule has 2 aromatic carbocycles. The molecule has 0 atom stereocenters. The van der Waals surface area contributed by atoms with Crippen molar-refractivity contribution in [3.63, 3.8) is 0 Å². The van der Waals surface area contributed by atoms with Crippen molar-refractivity contribution in [1.82, 2.24) is 25.1 Å². The Labute approximate surface area is 166 Å². The van der Waals surface area contributed by atoms with Crippen molar-refractivity contribution >= 4 is 23.2 Å². The molecular formula is C19H18ClFN6O. The van der Waals surface area contributed by atoms with Gasteiger partial charge in [0.1, 0.15) is 12.4 Å². The van der Waals surface area contributed by atoms with E-state index in [1.54, 1.807) is 35.2 Å². The average molecular weight is 401 g/mol. The zero-order valence-corrected chi connectivity index (χ0v) is 15.8. The van der Waals surface area contributed by atoms with Crippen molar-refractivity contribution in [1.29, 1.82) is 0 Å². The second kappa shape index (κ2) is 7.93. The number of hydrogen-bond donors (Lipinski definition) is 0. The molecule has 0 bridgehead atoms. The van der Waals surface area contributed by atoms with E-state index in [0.29, 0.717) is 42.7 Å². The number of anilines is 1. The molecule has 28 heavy (non-hydrogen) atoms. The fourth-order valence-corrected chi connectivity index (χ4v) is 3.37. The molecule has 0 radical (unpaired) electrons. The molecule has 0 spiro atoms. The zero-order valence-electron chi connectivity index (χ0n) is 15.0. The smallest absolute Gasteiger partial charge is 0.246 e. The lowest BCUT2D eigenvalue weighted by Crippen LogP contribution is -2.50. The van der Waals surface area contributed by atoms with Gasteiger partial charge in [0.05, 0.1) is 5.69 Å². The number of aromatic nitrogens is 4. The van der Waals surface area contributed by atoms with E-state index < -0.39 is 0 Å². The highest BCUT2D eigenvalue weighted by Crippen LogP contribution is 2.20. The minimum Gasteiger partial charge on any atom is -0.366 e. The fraction of sp³-hybridized carbons (Fsp3) is 0.263. The number of para-hydroxylation sites is 1. The van der Waals surface area contributed by atoms with Crippen LogP contribution in [0.25, 0.3) is 11.4 Å². The maximum Gasteiger partial charge on any atom is 0.246 e. The van der Waals surface area contributed by atoms with E-state index >= 15 is 0 Å². The fourth-order valence-electron chi connectivity index (χ4n) is 3.18. The molecule has 2 heterocycles. The highest BCUT2D eigenvalue weighted by atomic mass is 35.5. The molecule has 1 aromatic heterocycles. The lowest BCUT2D eigenvalue weighted by atomic mass is 10.2. The topological polar surface area (TPSA) is 67.2 Å². The van der Waals surface area contributed by atoms with Gasteiger partial charge in [-0.25, -0.2) is 4.39 Å². The number of benzene rings is 2. The summed E-state index contributed by atoms with van der Waals surface area (Å²) in [4.78, 5) is 17.5. The van der Waals surface area contributed by atoms with Crippen molar-refractivity contribution in [3.05, 3.63) is 59.4 Å². The van der Waals surface area contributed by atoms with Crippen LogP contribution in [0.5, 0.6) is 0 Å². The van der Waals surface area contributed by atoms with Crippen molar-refractivity contribution < 1.29 is 9.18 Å². The van der Waals surface area contributed by atoms with E-state index in [9.17, 15) is 9.18 Å². The van der Waals surface area contributed by atoms with Gasteiger partial charge < -0.3 is 9.80 Å². The number of halogens is 2. The van der Waals surface area contributed by atoms with Gasteiger partial charge in [-0.2, -0.15) is 4.80 Å². The summed E-state index contributed by atoms with van der Waals surface area (Å²) in [7, 11) is 0. The van der Waals surface area contributed by atoms with E-state index in [1.807, 2.05) is 17.0 Å². The molecule has 1 saturated heterocycles. The molecule has 1 fully saturated rings. The lowest BCUT2D eigenvalue weighted by molar-refractivity contribution is -0.132.